The van der Waals surface area contributed by atoms with Crippen LogP contribution in [0.1, 0.15) is 70.6 Å². The van der Waals surface area contributed by atoms with Crippen LogP contribution in [0.15, 0.2) is 0 Å². The van der Waals surface area contributed by atoms with Crippen LogP contribution in [-0.4, -0.2) is 67.0 Å². The Hall–Kier alpha value is -0.800. The number of hydrogen-bond acceptors (Lipinski definition) is 6. The van der Waals surface area contributed by atoms with Crippen LogP contribution in [0.25, 0.3) is 0 Å². The van der Waals surface area contributed by atoms with E-state index in [1.807, 2.05) is 11.9 Å². The third-order valence-corrected chi connectivity index (χ3v) is 11.4. The van der Waals surface area contributed by atoms with Crippen molar-refractivity contribution in [3.8, 4) is 0 Å². The highest BCUT2D eigenvalue weighted by Gasteiger charge is 2.36. The van der Waals surface area contributed by atoms with E-state index < -0.39 is 9.84 Å². The zero-order valence-electron chi connectivity index (χ0n) is 19.3. The van der Waals surface area contributed by atoms with Crippen LogP contribution in [0, 0.1) is 17.8 Å². The molecule has 2 amide bonds. The highest BCUT2D eigenvalue weighted by Crippen LogP contribution is 2.36. The fourth-order valence-electron chi connectivity index (χ4n) is 5.54. The molecule has 1 saturated heterocycles. The Labute approximate surface area is 197 Å². The van der Waals surface area contributed by atoms with E-state index in [0.717, 1.165) is 63.7 Å². The lowest BCUT2D eigenvalue weighted by molar-refractivity contribution is -0.136. The van der Waals surface area contributed by atoms with Crippen molar-refractivity contribution in [2.75, 3.05) is 25.1 Å². The lowest BCUT2D eigenvalue weighted by Crippen LogP contribution is -2.46. The molecule has 7 nitrogen and oxygen atoms in total. The van der Waals surface area contributed by atoms with Crippen molar-refractivity contribution in [2.45, 2.75) is 87.4 Å². The van der Waals surface area contributed by atoms with Crippen LogP contribution in [0.2, 0.25) is 0 Å². The van der Waals surface area contributed by atoms with Gasteiger partial charge in [-0.1, -0.05) is 0 Å². The van der Waals surface area contributed by atoms with Crippen LogP contribution < -0.4 is 10.6 Å². The summed E-state index contributed by atoms with van der Waals surface area (Å²) in [5.41, 5.74) is 0.0960. The van der Waals surface area contributed by atoms with Gasteiger partial charge in [0.1, 0.15) is 5.50 Å². The third kappa shape index (κ3) is 6.41. The maximum Gasteiger partial charge on any atom is 0.227 e. The van der Waals surface area contributed by atoms with Crippen molar-refractivity contribution in [2.24, 2.45) is 17.8 Å². The van der Waals surface area contributed by atoms with E-state index in [-0.39, 0.29) is 34.5 Å². The molecule has 32 heavy (non-hydrogen) atoms. The SMILES string of the molecule is CN(C(=O)C1CCC(NC(=O)CC2CCC(S(=O)(=O)CC3CC3)CC2)CC1)C1NCCS1. The van der Waals surface area contributed by atoms with Gasteiger partial charge in [0.2, 0.25) is 11.8 Å². The molecule has 2 N–H and O–H groups in total. The van der Waals surface area contributed by atoms with Gasteiger partial charge < -0.3 is 10.2 Å². The number of rotatable bonds is 8. The van der Waals surface area contributed by atoms with E-state index >= 15 is 0 Å². The van der Waals surface area contributed by atoms with Gasteiger partial charge in [0.15, 0.2) is 9.84 Å². The van der Waals surface area contributed by atoms with Crippen molar-refractivity contribution in [3.05, 3.63) is 0 Å². The molecule has 1 atom stereocenters. The smallest absolute Gasteiger partial charge is 0.227 e. The fourth-order valence-corrected chi connectivity index (χ4v) is 8.82. The van der Waals surface area contributed by atoms with E-state index in [2.05, 4.69) is 10.6 Å². The lowest BCUT2D eigenvalue weighted by Gasteiger charge is -2.33. The zero-order valence-corrected chi connectivity index (χ0v) is 20.9. The second-order valence-electron chi connectivity index (χ2n) is 10.4. The summed E-state index contributed by atoms with van der Waals surface area (Å²) in [4.78, 5) is 27.2. The van der Waals surface area contributed by atoms with Crippen LogP contribution in [0.3, 0.4) is 0 Å². The minimum absolute atomic E-state index is 0.0593. The predicted octanol–water partition coefficient (Wildman–Crippen LogP) is 2.51. The summed E-state index contributed by atoms with van der Waals surface area (Å²) in [6.45, 7) is 0.948. The number of carbonyl (C=O) groups excluding carboxylic acids is 2. The first kappa shape index (κ1) is 24.3. The number of nitrogens with zero attached hydrogens (tertiary/aromatic N) is 1. The first-order valence-electron chi connectivity index (χ1n) is 12.4. The number of nitrogens with one attached hydrogen (secondary N) is 2. The minimum Gasteiger partial charge on any atom is -0.353 e. The minimum atomic E-state index is -2.96. The average Bonchev–Trinajstić information content (AvgIpc) is 3.40. The van der Waals surface area contributed by atoms with Crippen molar-refractivity contribution < 1.29 is 18.0 Å². The van der Waals surface area contributed by atoms with Crippen LogP contribution in [0.4, 0.5) is 0 Å². The molecule has 1 heterocycles. The third-order valence-electron chi connectivity index (χ3n) is 7.78. The molecule has 0 bridgehead atoms. The molecule has 0 spiro atoms. The summed E-state index contributed by atoms with van der Waals surface area (Å²) in [6.07, 6.45) is 9.10. The maximum atomic E-state index is 12.8. The van der Waals surface area contributed by atoms with Crippen molar-refractivity contribution in [3.63, 3.8) is 0 Å². The van der Waals surface area contributed by atoms with E-state index in [4.69, 9.17) is 0 Å². The maximum absolute atomic E-state index is 12.8. The van der Waals surface area contributed by atoms with Gasteiger partial charge in [-0.2, -0.15) is 0 Å². The summed E-state index contributed by atoms with van der Waals surface area (Å²) in [5, 5.41) is 6.35. The van der Waals surface area contributed by atoms with Crippen LogP contribution in [0.5, 0.6) is 0 Å². The Morgan fingerprint density at radius 2 is 1.62 bits per heavy atom. The first-order valence-corrected chi connectivity index (χ1v) is 15.2. The Morgan fingerprint density at radius 3 is 2.22 bits per heavy atom. The second-order valence-corrected chi connectivity index (χ2v) is 13.9. The molecule has 0 aromatic carbocycles. The van der Waals surface area contributed by atoms with Gasteiger partial charge in [0, 0.05) is 37.7 Å². The monoisotopic (exact) mass is 485 g/mol. The van der Waals surface area contributed by atoms with Crippen molar-refractivity contribution in [1.29, 1.82) is 0 Å². The van der Waals surface area contributed by atoms with Gasteiger partial charge in [0.25, 0.3) is 0 Å². The van der Waals surface area contributed by atoms with Gasteiger partial charge in [-0.05, 0) is 76.0 Å². The lowest BCUT2D eigenvalue weighted by atomic mass is 9.84. The molecule has 1 unspecified atom stereocenters. The highest BCUT2D eigenvalue weighted by atomic mass is 32.2. The first-order chi connectivity index (χ1) is 15.3. The van der Waals surface area contributed by atoms with Gasteiger partial charge in [-0.3, -0.25) is 14.9 Å². The molecule has 0 aromatic heterocycles. The molecule has 1 aliphatic heterocycles. The molecule has 182 valence electrons. The van der Waals surface area contributed by atoms with Crippen molar-refractivity contribution in [1.82, 2.24) is 15.5 Å². The van der Waals surface area contributed by atoms with Crippen molar-refractivity contribution >= 4 is 33.4 Å². The summed E-state index contributed by atoms with van der Waals surface area (Å²) < 4.78 is 25.0. The summed E-state index contributed by atoms with van der Waals surface area (Å²) in [6, 6.07) is 0.158. The Kier molecular flexibility index (Phi) is 8.09. The summed E-state index contributed by atoms with van der Waals surface area (Å²) >= 11 is 1.78. The molecule has 9 heteroatoms. The number of thioether (sulfide) groups is 1. The fraction of sp³-hybridized carbons (Fsp3) is 0.913. The van der Waals surface area contributed by atoms with Crippen LogP contribution in [-0.2, 0) is 19.4 Å². The topological polar surface area (TPSA) is 95.6 Å². The molecule has 3 saturated carbocycles. The van der Waals surface area contributed by atoms with Gasteiger partial charge in [-0.15, -0.1) is 11.8 Å². The number of sulfone groups is 1. The molecule has 3 aliphatic carbocycles. The molecule has 0 radical (unpaired) electrons. The van der Waals surface area contributed by atoms with Gasteiger partial charge >= 0.3 is 0 Å². The average molecular weight is 486 g/mol. The highest BCUT2D eigenvalue weighted by molar-refractivity contribution is 8.00. The van der Waals surface area contributed by atoms with Crippen LogP contribution >= 0.6 is 11.8 Å². The summed E-state index contributed by atoms with van der Waals surface area (Å²) in [7, 11) is -1.07. The number of amides is 2. The normalized spacial score (nSPS) is 33.6. The molecule has 0 aromatic rings. The van der Waals surface area contributed by atoms with E-state index in [1.54, 1.807) is 11.8 Å². The van der Waals surface area contributed by atoms with Gasteiger partial charge in [-0.25, -0.2) is 8.42 Å². The van der Waals surface area contributed by atoms with E-state index in [1.165, 1.54) is 0 Å². The second kappa shape index (κ2) is 10.6. The number of carbonyl (C=O) groups is 2. The Morgan fingerprint density at radius 1 is 0.969 bits per heavy atom. The Balaban J connectivity index is 1.14. The quantitative estimate of drug-likeness (QED) is 0.549. The largest absolute Gasteiger partial charge is 0.353 e. The molecular weight excluding hydrogens is 446 g/mol. The predicted molar refractivity (Wildman–Crippen MR) is 128 cm³/mol. The van der Waals surface area contributed by atoms with E-state index in [0.29, 0.717) is 36.9 Å². The van der Waals surface area contributed by atoms with Gasteiger partial charge in [0.05, 0.1) is 11.0 Å². The van der Waals surface area contributed by atoms with E-state index in [9.17, 15) is 18.0 Å². The zero-order chi connectivity index (χ0) is 22.7. The molecule has 4 aliphatic rings. The standard InChI is InChI=1S/C23H39N3O4S2/c1-26(23-24-12-13-31-23)22(28)18-6-8-19(9-7-18)25-21(27)14-16-4-10-20(11-5-16)32(29,30)15-17-2-3-17/h16-20,23-24H,2-15H2,1H3,(H,25,27). The Bertz CT molecular complexity index is 764. The number of hydrogen-bond donors (Lipinski definition) is 2. The summed E-state index contributed by atoms with van der Waals surface area (Å²) in [5.74, 6) is 2.49. The molecule has 4 rings (SSSR count). The molecule has 4 fully saturated rings. The molecular formula is C23H39N3O4S2.